The van der Waals surface area contributed by atoms with Crippen LogP contribution in [0.25, 0.3) is 0 Å². The van der Waals surface area contributed by atoms with Gasteiger partial charge in [-0.15, -0.1) is 0 Å². The summed E-state index contributed by atoms with van der Waals surface area (Å²) in [4.78, 5) is 51.3. The maximum absolute atomic E-state index is 12.9. The smallest absolute Gasteiger partial charge is 0.328 e. The quantitative estimate of drug-likeness (QED) is 0.607. The molecule has 1 N–H and O–H groups in total. The molecule has 0 bridgehead atoms. The van der Waals surface area contributed by atoms with Crippen LogP contribution in [0.15, 0.2) is 54.6 Å². The van der Waals surface area contributed by atoms with Gasteiger partial charge in [-0.1, -0.05) is 42.5 Å². The average molecular weight is 380 g/mol. The molecule has 7 nitrogen and oxygen atoms in total. The Labute approximate surface area is 162 Å². The number of hydrogen-bond acceptors (Lipinski definition) is 5. The van der Waals surface area contributed by atoms with Crippen molar-refractivity contribution in [1.82, 2.24) is 10.2 Å². The van der Waals surface area contributed by atoms with Gasteiger partial charge < -0.3 is 10.1 Å². The summed E-state index contributed by atoms with van der Waals surface area (Å²) < 4.78 is 4.63. The molecule has 0 aliphatic carbocycles. The molecule has 28 heavy (non-hydrogen) atoms. The van der Waals surface area contributed by atoms with Crippen LogP contribution >= 0.6 is 0 Å². The predicted octanol–water partition coefficient (Wildman–Crippen LogP) is 1.57. The maximum atomic E-state index is 12.9. The van der Waals surface area contributed by atoms with Crippen molar-refractivity contribution in [2.45, 2.75) is 25.4 Å². The number of nitrogens with one attached hydrogen (secondary N) is 1. The lowest BCUT2D eigenvalue weighted by Crippen LogP contribution is -2.53. The summed E-state index contributed by atoms with van der Waals surface area (Å²) in [5.74, 6) is -2.27. The van der Waals surface area contributed by atoms with Crippen molar-refractivity contribution in [3.05, 3.63) is 71.3 Å². The van der Waals surface area contributed by atoms with E-state index in [1.54, 1.807) is 24.3 Å². The second kappa shape index (κ2) is 8.04. The molecular formula is C21H20N2O5. The minimum Gasteiger partial charge on any atom is -0.467 e. The Balaban J connectivity index is 1.93. The van der Waals surface area contributed by atoms with E-state index in [0.29, 0.717) is 0 Å². The van der Waals surface area contributed by atoms with E-state index in [0.717, 1.165) is 10.5 Å². The highest BCUT2D eigenvalue weighted by Gasteiger charge is 2.43. The summed E-state index contributed by atoms with van der Waals surface area (Å²) in [6.07, 6.45) is 0.131. The number of fused-ring (bicyclic) bond motifs is 1. The van der Waals surface area contributed by atoms with Gasteiger partial charge in [0.1, 0.15) is 12.1 Å². The van der Waals surface area contributed by atoms with Crippen LogP contribution in [0.1, 0.15) is 33.2 Å². The molecule has 7 heteroatoms. The second-order valence-corrected chi connectivity index (χ2v) is 6.48. The fourth-order valence-electron chi connectivity index (χ4n) is 3.17. The van der Waals surface area contributed by atoms with Crippen molar-refractivity contribution < 1.29 is 23.9 Å². The SMILES string of the molecule is COC(=O)C(C)NC(=O)C(Cc1ccccc1)N1C(=O)c2ccccc2C1=O. The predicted molar refractivity (Wildman–Crippen MR) is 100 cm³/mol. The summed E-state index contributed by atoms with van der Waals surface area (Å²) in [7, 11) is 1.22. The molecule has 0 fully saturated rings. The van der Waals surface area contributed by atoms with Gasteiger partial charge in [-0.05, 0) is 24.6 Å². The van der Waals surface area contributed by atoms with Crippen LogP contribution < -0.4 is 5.32 Å². The number of amides is 3. The van der Waals surface area contributed by atoms with Crippen molar-refractivity contribution in [3.63, 3.8) is 0 Å². The summed E-state index contributed by atoms with van der Waals surface area (Å²) in [5, 5.41) is 2.54. The summed E-state index contributed by atoms with van der Waals surface area (Å²) >= 11 is 0. The Morgan fingerprint density at radius 3 is 2.04 bits per heavy atom. The number of hydrogen-bond donors (Lipinski definition) is 1. The average Bonchev–Trinajstić information content (AvgIpc) is 2.97. The molecule has 2 unspecified atom stereocenters. The molecule has 0 spiro atoms. The van der Waals surface area contributed by atoms with Gasteiger partial charge >= 0.3 is 5.97 Å². The molecule has 0 aromatic heterocycles. The number of carbonyl (C=O) groups excluding carboxylic acids is 4. The van der Waals surface area contributed by atoms with Crippen LogP contribution in [0, 0.1) is 0 Å². The van der Waals surface area contributed by atoms with E-state index in [1.807, 2.05) is 30.3 Å². The Bertz CT molecular complexity index is 890. The van der Waals surface area contributed by atoms with Gasteiger partial charge in [0.25, 0.3) is 11.8 Å². The number of imide groups is 1. The first-order chi connectivity index (χ1) is 13.4. The molecule has 1 heterocycles. The lowest BCUT2D eigenvalue weighted by Gasteiger charge is -2.26. The number of nitrogens with zero attached hydrogens (tertiary/aromatic N) is 1. The van der Waals surface area contributed by atoms with Crippen LogP contribution in [0.2, 0.25) is 0 Å². The van der Waals surface area contributed by atoms with Gasteiger partial charge in [0, 0.05) is 6.42 Å². The minimum atomic E-state index is -1.10. The van der Waals surface area contributed by atoms with Crippen LogP contribution in [0.5, 0.6) is 0 Å². The Morgan fingerprint density at radius 1 is 0.964 bits per heavy atom. The van der Waals surface area contributed by atoms with E-state index in [9.17, 15) is 19.2 Å². The first-order valence-corrected chi connectivity index (χ1v) is 8.83. The van der Waals surface area contributed by atoms with Gasteiger partial charge in [-0.2, -0.15) is 0 Å². The molecule has 0 saturated heterocycles. The van der Waals surface area contributed by atoms with Crippen LogP contribution in [-0.4, -0.2) is 47.8 Å². The first-order valence-electron chi connectivity index (χ1n) is 8.83. The molecule has 144 valence electrons. The van der Waals surface area contributed by atoms with Crippen molar-refractivity contribution in [1.29, 1.82) is 0 Å². The van der Waals surface area contributed by atoms with Crippen LogP contribution in [0.4, 0.5) is 0 Å². The molecule has 0 saturated carbocycles. The molecule has 3 amide bonds. The zero-order valence-corrected chi connectivity index (χ0v) is 15.5. The highest BCUT2D eigenvalue weighted by Crippen LogP contribution is 2.26. The molecule has 0 radical (unpaired) electrons. The van der Waals surface area contributed by atoms with Crippen LogP contribution in [-0.2, 0) is 20.7 Å². The van der Waals surface area contributed by atoms with Crippen molar-refractivity contribution in [3.8, 4) is 0 Å². The summed E-state index contributed by atoms with van der Waals surface area (Å²) in [6.45, 7) is 1.48. The number of carbonyl (C=O) groups is 4. The minimum absolute atomic E-state index is 0.131. The topological polar surface area (TPSA) is 92.8 Å². The highest BCUT2D eigenvalue weighted by atomic mass is 16.5. The molecule has 3 rings (SSSR count). The van der Waals surface area contributed by atoms with Crippen LogP contribution in [0.3, 0.4) is 0 Å². The van der Waals surface area contributed by atoms with E-state index in [2.05, 4.69) is 10.1 Å². The molecule has 2 aromatic rings. The Morgan fingerprint density at radius 2 is 1.50 bits per heavy atom. The number of esters is 1. The molecule has 2 atom stereocenters. The fourth-order valence-corrected chi connectivity index (χ4v) is 3.17. The van der Waals surface area contributed by atoms with Gasteiger partial charge in [-0.3, -0.25) is 19.3 Å². The number of ether oxygens (including phenoxy) is 1. The third-order valence-corrected chi connectivity index (χ3v) is 4.63. The summed E-state index contributed by atoms with van der Waals surface area (Å²) in [6, 6.07) is 13.5. The van der Waals surface area contributed by atoms with Gasteiger partial charge in [-0.25, -0.2) is 4.79 Å². The zero-order valence-electron chi connectivity index (χ0n) is 15.5. The molecule has 1 aliphatic heterocycles. The van der Waals surface area contributed by atoms with Gasteiger partial charge in [0.2, 0.25) is 5.91 Å². The lowest BCUT2D eigenvalue weighted by atomic mass is 10.0. The normalized spacial score (nSPS) is 15.0. The largest absolute Gasteiger partial charge is 0.467 e. The second-order valence-electron chi connectivity index (χ2n) is 6.48. The Kier molecular flexibility index (Phi) is 5.54. The monoisotopic (exact) mass is 380 g/mol. The van der Waals surface area contributed by atoms with E-state index < -0.39 is 35.8 Å². The van der Waals surface area contributed by atoms with Crippen molar-refractivity contribution >= 4 is 23.7 Å². The number of benzene rings is 2. The lowest BCUT2D eigenvalue weighted by molar-refractivity contribution is -0.144. The van der Waals surface area contributed by atoms with E-state index in [1.165, 1.54) is 14.0 Å². The first kappa shape index (κ1) is 19.3. The third-order valence-electron chi connectivity index (χ3n) is 4.63. The van der Waals surface area contributed by atoms with Gasteiger partial charge in [0.05, 0.1) is 18.2 Å². The van der Waals surface area contributed by atoms with Gasteiger partial charge in [0.15, 0.2) is 0 Å². The fraction of sp³-hybridized carbons (Fsp3) is 0.238. The molecular weight excluding hydrogens is 360 g/mol. The van der Waals surface area contributed by atoms with Crippen molar-refractivity contribution in [2.24, 2.45) is 0 Å². The van der Waals surface area contributed by atoms with E-state index in [-0.39, 0.29) is 17.5 Å². The van der Waals surface area contributed by atoms with Crippen molar-refractivity contribution in [2.75, 3.05) is 7.11 Å². The zero-order chi connectivity index (χ0) is 20.3. The number of methoxy groups -OCH3 is 1. The Hall–Kier alpha value is -3.48. The van der Waals surface area contributed by atoms with E-state index in [4.69, 9.17) is 0 Å². The maximum Gasteiger partial charge on any atom is 0.328 e. The highest BCUT2D eigenvalue weighted by molar-refractivity contribution is 6.22. The number of rotatable bonds is 6. The van der Waals surface area contributed by atoms with E-state index >= 15 is 0 Å². The molecule has 1 aliphatic rings. The summed E-state index contributed by atoms with van der Waals surface area (Å²) in [5.41, 5.74) is 1.31. The molecule has 2 aromatic carbocycles. The third kappa shape index (κ3) is 3.64. The standard InChI is InChI=1S/C21H20N2O5/c1-13(21(27)28-2)22-18(24)17(12-14-8-4-3-5-9-14)23-19(25)15-10-6-7-11-16(15)20(23)26/h3-11,13,17H,12H2,1-2H3,(H,22,24).